The van der Waals surface area contributed by atoms with Crippen molar-refractivity contribution in [2.24, 2.45) is 5.73 Å². The lowest BCUT2D eigenvalue weighted by Gasteiger charge is -2.23. The quantitative estimate of drug-likeness (QED) is 0.763. The molecule has 0 aliphatic heterocycles. The molecule has 1 rings (SSSR count). The summed E-state index contributed by atoms with van der Waals surface area (Å²) in [6.45, 7) is 5.53. The summed E-state index contributed by atoms with van der Waals surface area (Å²) in [5, 5.41) is 0. The highest BCUT2D eigenvalue weighted by atomic mass is 35.5. The first kappa shape index (κ1) is 19.9. The number of sulfonamides is 1. The van der Waals surface area contributed by atoms with Gasteiger partial charge in [-0.3, -0.25) is 0 Å². The number of hydrogen-bond donors (Lipinski definition) is 2. The van der Waals surface area contributed by atoms with Gasteiger partial charge in [0.25, 0.3) is 0 Å². The van der Waals surface area contributed by atoms with Gasteiger partial charge in [-0.05, 0) is 45.0 Å². The predicted molar refractivity (Wildman–Crippen MR) is 83.1 cm³/mol. The molecule has 0 amide bonds. The average Bonchev–Trinajstić information content (AvgIpc) is 2.38. The second kappa shape index (κ2) is 7.74. The first-order valence-corrected chi connectivity index (χ1v) is 7.71. The summed E-state index contributed by atoms with van der Waals surface area (Å²) >= 11 is 0. The Kier molecular flexibility index (Phi) is 7.32. The van der Waals surface area contributed by atoms with Crippen molar-refractivity contribution in [2.45, 2.75) is 31.2 Å². The highest BCUT2D eigenvalue weighted by Crippen LogP contribution is 2.14. The molecule has 0 aromatic heterocycles. The van der Waals surface area contributed by atoms with E-state index in [9.17, 15) is 13.2 Å². The minimum absolute atomic E-state index is 0. The van der Waals surface area contributed by atoms with Crippen LogP contribution in [0.2, 0.25) is 0 Å². The van der Waals surface area contributed by atoms with E-state index in [2.05, 4.69) is 4.72 Å². The van der Waals surface area contributed by atoms with E-state index in [4.69, 9.17) is 10.5 Å². The highest BCUT2D eigenvalue weighted by molar-refractivity contribution is 7.89. The van der Waals surface area contributed by atoms with Gasteiger partial charge in [-0.25, -0.2) is 17.9 Å². The summed E-state index contributed by atoms with van der Waals surface area (Å²) in [5.74, 6) is -0.480. The molecular formula is C13H21ClN2O4S. The van der Waals surface area contributed by atoms with Gasteiger partial charge in [0.15, 0.2) is 0 Å². The number of ether oxygens (including phenoxy) is 1. The Morgan fingerprint density at radius 1 is 1.29 bits per heavy atom. The van der Waals surface area contributed by atoms with Crippen molar-refractivity contribution in [3.05, 3.63) is 29.8 Å². The van der Waals surface area contributed by atoms with Gasteiger partial charge >= 0.3 is 5.97 Å². The summed E-state index contributed by atoms with van der Waals surface area (Å²) in [7, 11) is -3.67. The van der Waals surface area contributed by atoms with E-state index < -0.39 is 21.5 Å². The fraction of sp³-hybridized carbons (Fsp3) is 0.462. The zero-order chi connectivity index (χ0) is 15.4. The monoisotopic (exact) mass is 336 g/mol. The zero-order valence-electron chi connectivity index (χ0n) is 12.3. The molecule has 0 atom stereocenters. The number of carbonyl (C=O) groups is 1. The third-order valence-corrected chi connectivity index (χ3v) is 4.31. The Morgan fingerprint density at radius 2 is 1.81 bits per heavy atom. The van der Waals surface area contributed by atoms with Crippen LogP contribution < -0.4 is 10.5 Å². The van der Waals surface area contributed by atoms with Crippen molar-refractivity contribution in [3.8, 4) is 0 Å². The second-order valence-corrected chi connectivity index (χ2v) is 6.62. The van der Waals surface area contributed by atoms with Gasteiger partial charge in [0.05, 0.1) is 17.1 Å². The topological polar surface area (TPSA) is 98.5 Å². The SMILES string of the molecule is CCOC(=O)c1ccc(S(=O)(=O)NC(C)(C)CN)cc1.Cl. The second-order valence-electron chi connectivity index (χ2n) is 4.94. The Balaban J connectivity index is 0.00000400. The molecule has 3 N–H and O–H groups in total. The van der Waals surface area contributed by atoms with Gasteiger partial charge in [0.2, 0.25) is 10.0 Å². The molecule has 21 heavy (non-hydrogen) atoms. The molecule has 1 aromatic rings. The van der Waals surface area contributed by atoms with Gasteiger partial charge < -0.3 is 10.5 Å². The zero-order valence-corrected chi connectivity index (χ0v) is 13.9. The number of hydrogen-bond acceptors (Lipinski definition) is 5. The maximum absolute atomic E-state index is 12.1. The van der Waals surface area contributed by atoms with Crippen molar-refractivity contribution in [1.82, 2.24) is 4.72 Å². The number of esters is 1. The normalized spacial score (nSPS) is 11.6. The molecule has 120 valence electrons. The molecule has 0 aliphatic carbocycles. The predicted octanol–water partition coefficient (Wildman–Crippen LogP) is 1.30. The molecule has 6 nitrogen and oxygen atoms in total. The van der Waals surface area contributed by atoms with Crippen molar-refractivity contribution < 1.29 is 17.9 Å². The van der Waals surface area contributed by atoms with E-state index in [1.807, 2.05) is 0 Å². The van der Waals surface area contributed by atoms with Crippen LogP contribution in [-0.2, 0) is 14.8 Å². The molecule has 0 saturated carbocycles. The van der Waals surface area contributed by atoms with Gasteiger partial charge in [0, 0.05) is 12.1 Å². The fourth-order valence-electron chi connectivity index (χ4n) is 1.45. The van der Waals surface area contributed by atoms with E-state index in [0.717, 1.165) is 0 Å². The van der Waals surface area contributed by atoms with Crippen LogP contribution in [0, 0.1) is 0 Å². The largest absolute Gasteiger partial charge is 0.462 e. The summed E-state index contributed by atoms with van der Waals surface area (Å²) in [4.78, 5) is 11.6. The van der Waals surface area contributed by atoms with E-state index in [-0.39, 0.29) is 30.5 Å². The molecule has 0 aliphatic rings. The maximum atomic E-state index is 12.1. The number of rotatable bonds is 6. The van der Waals surface area contributed by atoms with E-state index in [1.54, 1.807) is 20.8 Å². The first-order chi connectivity index (χ1) is 9.22. The lowest BCUT2D eigenvalue weighted by atomic mass is 10.1. The lowest BCUT2D eigenvalue weighted by Crippen LogP contribution is -2.48. The highest BCUT2D eigenvalue weighted by Gasteiger charge is 2.25. The third kappa shape index (κ3) is 5.62. The van der Waals surface area contributed by atoms with E-state index in [1.165, 1.54) is 24.3 Å². The lowest BCUT2D eigenvalue weighted by molar-refractivity contribution is 0.0526. The molecule has 1 aromatic carbocycles. The van der Waals surface area contributed by atoms with Crippen LogP contribution in [0.4, 0.5) is 0 Å². The van der Waals surface area contributed by atoms with Crippen LogP contribution in [0.1, 0.15) is 31.1 Å². The molecule has 8 heteroatoms. The van der Waals surface area contributed by atoms with Gasteiger partial charge in [-0.2, -0.15) is 0 Å². The number of carbonyl (C=O) groups excluding carboxylic acids is 1. The summed E-state index contributed by atoms with van der Waals surface area (Å²) in [6.07, 6.45) is 0. The molecule has 0 radical (unpaired) electrons. The Hall–Kier alpha value is -1.15. The van der Waals surface area contributed by atoms with Crippen LogP contribution in [-0.4, -0.2) is 33.1 Å². The molecule has 0 unspecified atom stereocenters. The maximum Gasteiger partial charge on any atom is 0.338 e. The van der Waals surface area contributed by atoms with E-state index >= 15 is 0 Å². The average molecular weight is 337 g/mol. The smallest absolute Gasteiger partial charge is 0.338 e. The van der Waals surface area contributed by atoms with Crippen LogP contribution in [0.3, 0.4) is 0 Å². The molecule has 0 heterocycles. The summed E-state index contributed by atoms with van der Waals surface area (Å²) in [6, 6.07) is 5.56. The Labute approximate surface area is 131 Å². The summed E-state index contributed by atoms with van der Waals surface area (Å²) in [5.41, 5.74) is 5.07. The number of halogens is 1. The molecule has 0 bridgehead atoms. The minimum Gasteiger partial charge on any atom is -0.462 e. The third-order valence-electron chi connectivity index (χ3n) is 2.60. The Morgan fingerprint density at radius 3 is 2.24 bits per heavy atom. The standard InChI is InChI=1S/C13H20N2O4S.ClH/c1-4-19-12(16)10-5-7-11(8-6-10)20(17,18)15-13(2,3)9-14;/h5-8,15H,4,9,14H2,1-3H3;1H. The minimum atomic E-state index is -3.67. The van der Waals surface area contributed by atoms with Gasteiger partial charge in [-0.1, -0.05) is 0 Å². The van der Waals surface area contributed by atoms with Crippen LogP contribution in [0.15, 0.2) is 29.2 Å². The van der Waals surface area contributed by atoms with Gasteiger partial charge in [0.1, 0.15) is 0 Å². The molecule has 0 saturated heterocycles. The molecule has 0 spiro atoms. The van der Waals surface area contributed by atoms with Crippen molar-refractivity contribution in [3.63, 3.8) is 0 Å². The summed E-state index contributed by atoms with van der Waals surface area (Å²) < 4.78 is 31.6. The van der Waals surface area contributed by atoms with Gasteiger partial charge in [-0.15, -0.1) is 12.4 Å². The van der Waals surface area contributed by atoms with Crippen LogP contribution >= 0.6 is 12.4 Å². The molecule has 0 fully saturated rings. The Bertz CT molecular complexity index is 570. The molecular weight excluding hydrogens is 316 g/mol. The van der Waals surface area contributed by atoms with Crippen molar-refractivity contribution in [2.75, 3.05) is 13.2 Å². The van der Waals surface area contributed by atoms with Crippen molar-refractivity contribution in [1.29, 1.82) is 0 Å². The fourth-order valence-corrected chi connectivity index (χ4v) is 2.87. The van der Waals surface area contributed by atoms with Crippen molar-refractivity contribution >= 4 is 28.4 Å². The number of nitrogens with two attached hydrogens (primary N) is 1. The van der Waals surface area contributed by atoms with Crippen LogP contribution in [0.25, 0.3) is 0 Å². The van der Waals surface area contributed by atoms with E-state index in [0.29, 0.717) is 5.56 Å². The van der Waals surface area contributed by atoms with Crippen LogP contribution in [0.5, 0.6) is 0 Å². The number of benzene rings is 1. The first-order valence-electron chi connectivity index (χ1n) is 6.23. The number of nitrogens with one attached hydrogen (secondary N) is 1.